The highest BCUT2D eigenvalue weighted by molar-refractivity contribution is 5.81. The third kappa shape index (κ3) is 5.52. The number of nitrogens with one attached hydrogen (secondary N) is 1. The summed E-state index contributed by atoms with van der Waals surface area (Å²) in [7, 11) is 0. The molecule has 4 nitrogen and oxygen atoms in total. The van der Waals surface area contributed by atoms with Crippen molar-refractivity contribution in [3.63, 3.8) is 0 Å². The minimum atomic E-state index is -0.561. The summed E-state index contributed by atoms with van der Waals surface area (Å²) >= 11 is 0. The van der Waals surface area contributed by atoms with E-state index in [1.165, 1.54) is 0 Å². The Morgan fingerprint density at radius 1 is 1.04 bits per heavy atom. The molecule has 0 bridgehead atoms. The molecule has 4 heteroatoms. The molecule has 25 heavy (non-hydrogen) atoms. The van der Waals surface area contributed by atoms with Crippen molar-refractivity contribution in [3.05, 3.63) is 59.7 Å². The molecule has 0 saturated carbocycles. The predicted octanol–water partition coefficient (Wildman–Crippen LogP) is 3.91. The van der Waals surface area contributed by atoms with Gasteiger partial charge in [0.2, 0.25) is 0 Å². The van der Waals surface area contributed by atoms with Crippen LogP contribution in [0.3, 0.4) is 0 Å². The summed E-state index contributed by atoms with van der Waals surface area (Å²) in [6.45, 7) is 8.16. The van der Waals surface area contributed by atoms with Gasteiger partial charge in [-0.2, -0.15) is 0 Å². The van der Waals surface area contributed by atoms with Gasteiger partial charge in [0.1, 0.15) is 18.1 Å². The molecule has 2 rings (SSSR count). The quantitative estimate of drug-likeness (QED) is 0.792. The Kier molecular flexibility index (Phi) is 6.87. The van der Waals surface area contributed by atoms with E-state index in [0.717, 1.165) is 29.0 Å². The van der Waals surface area contributed by atoms with E-state index in [4.69, 9.17) is 9.47 Å². The molecule has 0 aromatic heterocycles. The summed E-state index contributed by atoms with van der Waals surface area (Å²) < 4.78 is 11.6. The molecular formula is C21H27NO3. The molecule has 0 fully saturated rings. The molecule has 0 heterocycles. The Morgan fingerprint density at radius 3 is 2.36 bits per heavy atom. The number of aryl methyl sites for hydroxylation is 2. The van der Waals surface area contributed by atoms with Crippen LogP contribution in [-0.4, -0.2) is 24.7 Å². The van der Waals surface area contributed by atoms with Gasteiger partial charge in [0.25, 0.3) is 5.91 Å². The monoisotopic (exact) mass is 341 g/mol. The normalized spacial score (nSPS) is 13.0. The predicted molar refractivity (Wildman–Crippen MR) is 100 cm³/mol. The van der Waals surface area contributed by atoms with Crippen molar-refractivity contribution in [2.45, 2.75) is 46.3 Å². The highest BCUT2D eigenvalue weighted by Gasteiger charge is 2.18. The van der Waals surface area contributed by atoms with Gasteiger partial charge in [-0.1, -0.05) is 43.3 Å². The van der Waals surface area contributed by atoms with E-state index < -0.39 is 6.10 Å². The van der Waals surface area contributed by atoms with Crippen molar-refractivity contribution in [1.29, 1.82) is 0 Å². The van der Waals surface area contributed by atoms with Gasteiger partial charge in [-0.05, 0) is 50.5 Å². The van der Waals surface area contributed by atoms with Crippen LogP contribution in [-0.2, 0) is 11.2 Å². The lowest BCUT2D eigenvalue weighted by Gasteiger charge is -2.20. The molecule has 1 amide bonds. The Labute approximate surface area is 150 Å². The van der Waals surface area contributed by atoms with E-state index in [9.17, 15) is 4.79 Å². The second kappa shape index (κ2) is 9.11. The summed E-state index contributed by atoms with van der Waals surface area (Å²) in [4.78, 5) is 12.3. The number of rotatable bonds is 8. The molecule has 0 aliphatic rings. The summed E-state index contributed by atoms with van der Waals surface area (Å²) in [5.74, 6) is 1.45. The molecule has 2 atom stereocenters. The average Bonchev–Trinajstić information content (AvgIpc) is 2.61. The summed E-state index contributed by atoms with van der Waals surface area (Å²) in [5.41, 5.74) is 2.17. The first-order chi connectivity index (χ1) is 12.0. The number of carbonyl (C=O) groups is 1. The summed E-state index contributed by atoms with van der Waals surface area (Å²) in [6, 6.07) is 15.5. The molecule has 134 valence electrons. The molecule has 0 saturated heterocycles. The minimum Gasteiger partial charge on any atom is -0.491 e. The minimum absolute atomic E-state index is 0.112. The molecule has 0 aliphatic carbocycles. The van der Waals surface area contributed by atoms with E-state index in [-0.39, 0.29) is 11.9 Å². The van der Waals surface area contributed by atoms with Gasteiger partial charge in [-0.15, -0.1) is 0 Å². The van der Waals surface area contributed by atoms with E-state index in [1.807, 2.05) is 62.4 Å². The highest BCUT2D eigenvalue weighted by atomic mass is 16.5. The molecule has 2 aromatic rings. The maximum atomic E-state index is 12.3. The number of amides is 1. The Bertz CT molecular complexity index is 699. The molecule has 0 spiro atoms. The second-order valence-electron chi connectivity index (χ2n) is 6.21. The van der Waals surface area contributed by atoms with E-state index in [2.05, 4.69) is 12.2 Å². The SMILES string of the molecule is CCc1ccccc1OC(C)C(=O)NC(C)COc1ccccc1C. The third-order valence-electron chi connectivity index (χ3n) is 4.00. The van der Waals surface area contributed by atoms with Crippen molar-refractivity contribution in [2.24, 2.45) is 0 Å². The Balaban J connectivity index is 1.84. The van der Waals surface area contributed by atoms with Crippen molar-refractivity contribution in [3.8, 4) is 11.5 Å². The van der Waals surface area contributed by atoms with Crippen LogP contribution < -0.4 is 14.8 Å². The van der Waals surface area contributed by atoms with Crippen molar-refractivity contribution in [2.75, 3.05) is 6.61 Å². The van der Waals surface area contributed by atoms with Crippen molar-refractivity contribution >= 4 is 5.91 Å². The van der Waals surface area contributed by atoms with Crippen LogP contribution in [0.15, 0.2) is 48.5 Å². The standard InChI is InChI=1S/C21H27NO3/c1-5-18-11-7-9-13-20(18)25-17(4)21(23)22-16(3)14-24-19-12-8-6-10-15(19)2/h6-13,16-17H,5,14H2,1-4H3,(H,22,23). The van der Waals surface area contributed by atoms with Gasteiger partial charge in [-0.3, -0.25) is 4.79 Å². The topological polar surface area (TPSA) is 47.6 Å². The van der Waals surface area contributed by atoms with E-state index in [1.54, 1.807) is 6.92 Å². The zero-order valence-electron chi connectivity index (χ0n) is 15.4. The van der Waals surface area contributed by atoms with Crippen molar-refractivity contribution in [1.82, 2.24) is 5.32 Å². The van der Waals surface area contributed by atoms with Gasteiger partial charge in [-0.25, -0.2) is 0 Å². The van der Waals surface area contributed by atoms with E-state index in [0.29, 0.717) is 6.61 Å². The zero-order chi connectivity index (χ0) is 18.2. The number of para-hydroxylation sites is 2. The van der Waals surface area contributed by atoms with Crippen LogP contribution in [0.25, 0.3) is 0 Å². The smallest absolute Gasteiger partial charge is 0.261 e. The number of benzene rings is 2. The van der Waals surface area contributed by atoms with Crippen LogP contribution in [0.2, 0.25) is 0 Å². The molecule has 0 radical (unpaired) electrons. The second-order valence-corrected chi connectivity index (χ2v) is 6.21. The Morgan fingerprint density at radius 2 is 1.68 bits per heavy atom. The van der Waals surface area contributed by atoms with Crippen LogP contribution >= 0.6 is 0 Å². The first kappa shape index (κ1) is 18.8. The lowest BCUT2D eigenvalue weighted by atomic mass is 10.1. The van der Waals surface area contributed by atoms with Crippen LogP contribution in [0, 0.1) is 6.92 Å². The highest BCUT2D eigenvalue weighted by Crippen LogP contribution is 2.20. The first-order valence-corrected chi connectivity index (χ1v) is 8.74. The van der Waals surface area contributed by atoms with Crippen LogP contribution in [0.5, 0.6) is 11.5 Å². The number of hydrogen-bond donors (Lipinski definition) is 1. The molecule has 0 aliphatic heterocycles. The first-order valence-electron chi connectivity index (χ1n) is 8.74. The number of hydrogen-bond acceptors (Lipinski definition) is 3. The lowest BCUT2D eigenvalue weighted by Crippen LogP contribution is -2.43. The number of ether oxygens (including phenoxy) is 2. The molecule has 1 N–H and O–H groups in total. The summed E-state index contributed by atoms with van der Waals surface area (Å²) in [6.07, 6.45) is 0.305. The van der Waals surface area contributed by atoms with Gasteiger partial charge in [0.15, 0.2) is 6.10 Å². The van der Waals surface area contributed by atoms with Gasteiger partial charge >= 0.3 is 0 Å². The third-order valence-corrected chi connectivity index (χ3v) is 4.00. The molecular weight excluding hydrogens is 314 g/mol. The van der Waals surface area contributed by atoms with Crippen LogP contribution in [0.4, 0.5) is 0 Å². The summed E-state index contributed by atoms with van der Waals surface area (Å²) in [5, 5.41) is 2.94. The van der Waals surface area contributed by atoms with Gasteiger partial charge in [0, 0.05) is 0 Å². The van der Waals surface area contributed by atoms with Crippen molar-refractivity contribution < 1.29 is 14.3 Å². The van der Waals surface area contributed by atoms with Gasteiger partial charge < -0.3 is 14.8 Å². The zero-order valence-corrected chi connectivity index (χ0v) is 15.4. The largest absolute Gasteiger partial charge is 0.491 e. The molecule has 2 aromatic carbocycles. The fourth-order valence-corrected chi connectivity index (χ4v) is 2.49. The Hall–Kier alpha value is -2.49. The number of carbonyl (C=O) groups excluding carboxylic acids is 1. The van der Waals surface area contributed by atoms with Crippen LogP contribution in [0.1, 0.15) is 31.9 Å². The maximum Gasteiger partial charge on any atom is 0.261 e. The lowest BCUT2D eigenvalue weighted by molar-refractivity contribution is -0.128. The molecule has 2 unspecified atom stereocenters. The fraction of sp³-hybridized carbons (Fsp3) is 0.381. The maximum absolute atomic E-state index is 12.3. The van der Waals surface area contributed by atoms with E-state index >= 15 is 0 Å². The van der Waals surface area contributed by atoms with Gasteiger partial charge in [0.05, 0.1) is 6.04 Å². The average molecular weight is 341 g/mol. The fourth-order valence-electron chi connectivity index (χ4n) is 2.49.